The number of hydrogen-bond acceptors (Lipinski definition) is 2. The van der Waals surface area contributed by atoms with Gasteiger partial charge in [-0.15, -0.1) is 0 Å². The SMILES string of the molecule is c1ccc(CN(Cc2ccccc2)Cc2ccncc2)cc1. The molecule has 0 saturated heterocycles. The van der Waals surface area contributed by atoms with Crippen molar-refractivity contribution < 1.29 is 0 Å². The lowest BCUT2D eigenvalue weighted by Crippen LogP contribution is -2.22. The third kappa shape index (κ3) is 4.27. The van der Waals surface area contributed by atoms with Gasteiger partial charge in [0.15, 0.2) is 0 Å². The molecular weight excluding hydrogens is 268 g/mol. The molecule has 2 heteroatoms. The molecule has 0 aliphatic heterocycles. The molecule has 2 aromatic carbocycles. The molecule has 22 heavy (non-hydrogen) atoms. The van der Waals surface area contributed by atoms with Gasteiger partial charge in [0, 0.05) is 32.0 Å². The summed E-state index contributed by atoms with van der Waals surface area (Å²) < 4.78 is 0. The lowest BCUT2D eigenvalue weighted by Gasteiger charge is -2.22. The van der Waals surface area contributed by atoms with Crippen LogP contribution in [-0.4, -0.2) is 9.88 Å². The number of pyridine rings is 1. The van der Waals surface area contributed by atoms with Crippen LogP contribution in [0.1, 0.15) is 16.7 Å². The Morgan fingerprint density at radius 3 is 1.41 bits per heavy atom. The van der Waals surface area contributed by atoms with Crippen molar-refractivity contribution in [2.75, 3.05) is 0 Å². The molecule has 0 bridgehead atoms. The van der Waals surface area contributed by atoms with E-state index in [1.807, 2.05) is 12.4 Å². The first-order valence-electron chi connectivity index (χ1n) is 7.59. The zero-order valence-corrected chi connectivity index (χ0v) is 12.6. The Kier molecular flexibility index (Phi) is 4.96. The molecule has 0 atom stereocenters. The van der Waals surface area contributed by atoms with Gasteiger partial charge in [-0.3, -0.25) is 9.88 Å². The van der Waals surface area contributed by atoms with Gasteiger partial charge in [-0.2, -0.15) is 0 Å². The Balaban J connectivity index is 1.75. The maximum atomic E-state index is 4.10. The van der Waals surface area contributed by atoms with E-state index in [0.29, 0.717) is 0 Å². The summed E-state index contributed by atoms with van der Waals surface area (Å²) in [6, 6.07) is 25.4. The van der Waals surface area contributed by atoms with Crippen LogP contribution in [0.15, 0.2) is 85.2 Å². The van der Waals surface area contributed by atoms with Crippen molar-refractivity contribution in [1.29, 1.82) is 0 Å². The Morgan fingerprint density at radius 2 is 0.955 bits per heavy atom. The van der Waals surface area contributed by atoms with Gasteiger partial charge < -0.3 is 0 Å². The average Bonchev–Trinajstić information content (AvgIpc) is 2.57. The van der Waals surface area contributed by atoms with Crippen LogP contribution in [0.2, 0.25) is 0 Å². The van der Waals surface area contributed by atoms with Crippen molar-refractivity contribution in [2.24, 2.45) is 0 Å². The number of aromatic nitrogens is 1. The normalized spacial score (nSPS) is 10.8. The second kappa shape index (κ2) is 7.53. The molecule has 0 aliphatic carbocycles. The molecule has 1 heterocycles. The van der Waals surface area contributed by atoms with Gasteiger partial charge in [-0.25, -0.2) is 0 Å². The highest BCUT2D eigenvalue weighted by molar-refractivity contribution is 5.18. The molecule has 3 rings (SSSR count). The number of hydrogen-bond donors (Lipinski definition) is 0. The predicted molar refractivity (Wildman–Crippen MR) is 90.1 cm³/mol. The summed E-state index contributed by atoms with van der Waals surface area (Å²) in [5.74, 6) is 0. The minimum atomic E-state index is 0.923. The molecule has 1 aromatic heterocycles. The minimum Gasteiger partial charge on any atom is -0.291 e. The van der Waals surface area contributed by atoms with E-state index in [1.54, 1.807) is 0 Å². The van der Waals surface area contributed by atoms with Crippen molar-refractivity contribution in [3.8, 4) is 0 Å². The summed E-state index contributed by atoms with van der Waals surface area (Å²) in [6.45, 7) is 2.81. The van der Waals surface area contributed by atoms with Crippen molar-refractivity contribution in [3.05, 3.63) is 102 Å². The van der Waals surface area contributed by atoms with Crippen LogP contribution >= 0.6 is 0 Å². The second-order valence-corrected chi connectivity index (χ2v) is 5.47. The fourth-order valence-corrected chi connectivity index (χ4v) is 2.60. The topological polar surface area (TPSA) is 16.1 Å². The van der Waals surface area contributed by atoms with Crippen LogP contribution in [0.5, 0.6) is 0 Å². The quantitative estimate of drug-likeness (QED) is 0.673. The lowest BCUT2D eigenvalue weighted by atomic mass is 10.1. The van der Waals surface area contributed by atoms with E-state index in [1.165, 1.54) is 16.7 Å². The Labute approximate surface area is 132 Å². The van der Waals surface area contributed by atoms with Crippen LogP contribution < -0.4 is 0 Å². The highest BCUT2D eigenvalue weighted by atomic mass is 15.1. The molecule has 2 nitrogen and oxygen atoms in total. The summed E-state index contributed by atoms with van der Waals surface area (Å²) in [4.78, 5) is 6.56. The first-order valence-corrected chi connectivity index (χ1v) is 7.59. The van der Waals surface area contributed by atoms with E-state index in [4.69, 9.17) is 0 Å². The molecule has 3 aromatic rings. The van der Waals surface area contributed by atoms with Gasteiger partial charge >= 0.3 is 0 Å². The van der Waals surface area contributed by atoms with Crippen LogP contribution in [0.4, 0.5) is 0 Å². The molecule has 0 amide bonds. The summed E-state index contributed by atoms with van der Waals surface area (Å²) in [5.41, 5.74) is 3.97. The standard InChI is InChI=1S/C20H20N2/c1-3-7-18(8-4-1)15-22(16-19-9-5-2-6-10-19)17-20-11-13-21-14-12-20/h1-14H,15-17H2. The molecular formula is C20H20N2. The molecule has 0 N–H and O–H groups in total. The first-order chi connectivity index (χ1) is 10.9. The molecule has 0 radical (unpaired) electrons. The Hall–Kier alpha value is -2.45. The van der Waals surface area contributed by atoms with Crippen molar-refractivity contribution in [1.82, 2.24) is 9.88 Å². The maximum absolute atomic E-state index is 4.10. The largest absolute Gasteiger partial charge is 0.291 e. The summed E-state index contributed by atoms with van der Waals surface area (Å²) in [5, 5.41) is 0. The van der Waals surface area contributed by atoms with Crippen LogP contribution in [-0.2, 0) is 19.6 Å². The molecule has 0 fully saturated rings. The predicted octanol–water partition coefficient (Wildman–Crippen LogP) is 4.28. The van der Waals surface area contributed by atoms with Crippen molar-refractivity contribution in [2.45, 2.75) is 19.6 Å². The summed E-state index contributed by atoms with van der Waals surface area (Å²) in [7, 11) is 0. The van der Waals surface area contributed by atoms with Gasteiger partial charge in [-0.05, 0) is 28.8 Å². The van der Waals surface area contributed by atoms with Gasteiger partial charge in [0.1, 0.15) is 0 Å². The molecule has 0 spiro atoms. The molecule has 0 aliphatic rings. The van der Waals surface area contributed by atoms with Gasteiger partial charge in [0.05, 0.1) is 0 Å². The molecule has 110 valence electrons. The second-order valence-electron chi connectivity index (χ2n) is 5.47. The van der Waals surface area contributed by atoms with Crippen LogP contribution in [0.25, 0.3) is 0 Å². The maximum Gasteiger partial charge on any atom is 0.0271 e. The summed E-state index contributed by atoms with van der Waals surface area (Å²) >= 11 is 0. The minimum absolute atomic E-state index is 0.923. The Bertz CT molecular complexity index is 567. The fraction of sp³-hybridized carbons (Fsp3) is 0.150. The first kappa shape index (κ1) is 14.5. The summed E-state index contributed by atoms with van der Waals surface area (Å²) in [6.07, 6.45) is 3.72. The molecule has 0 saturated carbocycles. The highest BCUT2D eigenvalue weighted by Gasteiger charge is 2.08. The van der Waals surface area contributed by atoms with E-state index in [2.05, 4.69) is 82.7 Å². The highest BCUT2D eigenvalue weighted by Crippen LogP contribution is 2.13. The van der Waals surface area contributed by atoms with E-state index in [-0.39, 0.29) is 0 Å². The van der Waals surface area contributed by atoms with E-state index in [9.17, 15) is 0 Å². The van der Waals surface area contributed by atoms with Crippen LogP contribution in [0, 0.1) is 0 Å². The third-order valence-corrected chi connectivity index (χ3v) is 3.65. The number of benzene rings is 2. The zero-order valence-electron chi connectivity index (χ0n) is 12.6. The average molecular weight is 288 g/mol. The van der Waals surface area contributed by atoms with Gasteiger partial charge in [0.2, 0.25) is 0 Å². The van der Waals surface area contributed by atoms with E-state index >= 15 is 0 Å². The van der Waals surface area contributed by atoms with E-state index < -0.39 is 0 Å². The smallest absolute Gasteiger partial charge is 0.0271 e. The van der Waals surface area contributed by atoms with Crippen LogP contribution in [0.3, 0.4) is 0 Å². The number of nitrogens with zero attached hydrogens (tertiary/aromatic N) is 2. The fourth-order valence-electron chi connectivity index (χ4n) is 2.60. The number of rotatable bonds is 6. The van der Waals surface area contributed by atoms with Gasteiger partial charge in [0.25, 0.3) is 0 Å². The monoisotopic (exact) mass is 288 g/mol. The third-order valence-electron chi connectivity index (χ3n) is 3.65. The van der Waals surface area contributed by atoms with Crippen molar-refractivity contribution in [3.63, 3.8) is 0 Å². The van der Waals surface area contributed by atoms with Gasteiger partial charge in [-0.1, -0.05) is 60.7 Å². The lowest BCUT2D eigenvalue weighted by molar-refractivity contribution is 0.247. The van der Waals surface area contributed by atoms with E-state index in [0.717, 1.165) is 19.6 Å². The van der Waals surface area contributed by atoms with Crippen molar-refractivity contribution >= 4 is 0 Å². The zero-order chi connectivity index (χ0) is 15.0. The Morgan fingerprint density at radius 1 is 0.545 bits per heavy atom. The molecule has 0 unspecified atom stereocenters.